The van der Waals surface area contributed by atoms with E-state index < -0.39 is 0 Å². The van der Waals surface area contributed by atoms with Crippen LogP contribution >= 0.6 is 0 Å². The molecule has 3 aromatic rings. The van der Waals surface area contributed by atoms with E-state index in [0.29, 0.717) is 12.1 Å². The molecule has 0 N–H and O–H groups in total. The molecular weight excluding hydrogens is 470 g/mol. The molecule has 2 aliphatic heterocycles. The topological polar surface area (TPSA) is 35.1 Å². The van der Waals surface area contributed by atoms with Gasteiger partial charge >= 0.3 is 0 Å². The van der Waals surface area contributed by atoms with E-state index >= 15 is 0 Å². The molecule has 2 aromatic carbocycles. The first kappa shape index (κ1) is 23.7. The van der Waals surface area contributed by atoms with Gasteiger partial charge in [-0.3, -0.25) is 0 Å². The second kappa shape index (κ2) is 10.0. The summed E-state index contributed by atoms with van der Waals surface area (Å²) in [5, 5.41) is 0. The van der Waals surface area contributed by atoms with Crippen LogP contribution in [0.3, 0.4) is 0 Å². The fourth-order valence-electron chi connectivity index (χ4n) is 7.15. The largest absolute Gasteiger partial charge is 0.496 e. The first-order valence-corrected chi connectivity index (χ1v) is 14.6. The summed E-state index contributed by atoms with van der Waals surface area (Å²) in [6.07, 6.45) is 13.2. The number of para-hydroxylation sites is 4. The molecule has 198 valence electrons. The first-order valence-electron chi connectivity index (χ1n) is 14.6. The van der Waals surface area contributed by atoms with E-state index in [2.05, 4.69) is 80.3 Å². The molecule has 0 atom stereocenters. The summed E-state index contributed by atoms with van der Waals surface area (Å²) in [5.41, 5.74) is 5.16. The Morgan fingerprint density at radius 1 is 0.605 bits per heavy atom. The minimum Gasteiger partial charge on any atom is -0.496 e. The van der Waals surface area contributed by atoms with Crippen LogP contribution in [0.2, 0.25) is 0 Å². The smallest absolute Gasteiger partial charge is 0.140 e. The maximum atomic E-state index is 5.86. The van der Waals surface area contributed by atoms with Crippen molar-refractivity contribution < 1.29 is 4.74 Å². The van der Waals surface area contributed by atoms with Gasteiger partial charge in [-0.15, -0.1) is 0 Å². The zero-order valence-corrected chi connectivity index (χ0v) is 22.6. The van der Waals surface area contributed by atoms with Gasteiger partial charge in [-0.2, -0.15) is 0 Å². The molecule has 0 spiro atoms. The average Bonchev–Trinajstić information content (AvgIpc) is 3.58. The van der Waals surface area contributed by atoms with Gasteiger partial charge in [-0.1, -0.05) is 62.8 Å². The number of hydrogen-bond donors (Lipinski definition) is 0. The third-order valence-corrected chi connectivity index (χ3v) is 9.14. The lowest BCUT2D eigenvalue weighted by Gasteiger charge is -2.33. The van der Waals surface area contributed by atoms with E-state index in [0.717, 1.165) is 30.7 Å². The maximum absolute atomic E-state index is 5.86. The quantitative estimate of drug-likeness (QED) is 0.353. The van der Waals surface area contributed by atoms with Gasteiger partial charge in [0, 0.05) is 24.2 Å². The van der Waals surface area contributed by atoms with Gasteiger partial charge in [0.2, 0.25) is 0 Å². The van der Waals surface area contributed by atoms with Crippen LogP contribution in [0.25, 0.3) is 0 Å². The van der Waals surface area contributed by atoms with Crippen LogP contribution in [0.1, 0.15) is 64.2 Å². The number of anilines is 6. The Labute approximate surface area is 226 Å². The molecule has 38 heavy (non-hydrogen) atoms. The molecule has 0 unspecified atom stereocenters. The van der Waals surface area contributed by atoms with Gasteiger partial charge in [0.15, 0.2) is 0 Å². The minimum atomic E-state index is 0.606. The molecule has 4 aliphatic rings. The lowest BCUT2D eigenvalue weighted by molar-refractivity contribution is 0.413. The van der Waals surface area contributed by atoms with Crippen LogP contribution in [0.4, 0.5) is 34.4 Å². The molecule has 1 aromatic heterocycles. The van der Waals surface area contributed by atoms with E-state index in [-0.39, 0.29) is 0 Å². The third-order valence-electron chi connectivity index (χ3n) is 9.14. The van der Waals surface area contributed by atoms with Crippen molar-refractivity contribution in [1.29, 1.82) is 0 Å². The Morgan fingerprint density at radius 3 is 1.45 bits per heavy atom. The highest BCUT2D eigenvalue weighted by atomic mass is 16.5. The summed E-state index contributed by atoms with van der Waals surface area (Å²) in [4.78, 5) is 15.3. The number of rotatable bonds is 5. The SMILES string of the molecule is COc1cc(N2CN(C3CCCCC3)c3ccccc32)nc(N2CN(C3CCCCC3)c3ccccc32)c1. The van der Waals surface area contributed by atoms with Crippen LogP contribution in [0.5, 0.6) is 5.75 Å². The molecule has 2 fully saturated rings. The van der Waals surface area contributed by atoms with E-state index in [9.17, 15) is 0 Å². The Kier molecular flexibility index (Phi) is 6.26. The van der Waals surface area contributed by atoms with Crippen molar-refractivity contribution in [3.63, 3.8) is 0 Å². The molecule has 6 heteroatoms. The average molecular weight is 510 g/mol. The molecule has 0 bridgehead atoms. The summed E-state index contributed by atoms with van der Waals surface area (Å²) in [6, 6.07) is 23.1. The number of ether oxygens (including phenoxy) is 1. The monoisotopic (exact) mass is 509 g/mol. The van der Waals surface area contributed by atoms with Crippen molar-refractivity contribution in [3.05, 3.63) is 60.7 Å². The molecule has 0 amide bonds. The second-order valence-electron chi connectivity index (χ2n) is 11.4. The summed E-state index contributed by atoms with van der Waals surface area (Å²) >= 11 is 0. The lowest BCUT2D eigenvalue weighted by Crippen LogP contribution is -2.39. The Hall–Kier alpha value is -3.41. The maximum Gasteiger partial charge on any atom is 0.140 e. The molecular formula is C32H39N5O. The highest BCUT2D eigenvalue weighted by Crippen LogP contribution is 2.46. The zero-order chi connectivity index (χ0) is 25.5. The number of benzene rings is 2. The van der Waals surface area contributed by atoms with Gasteiger partial charge < -0.3 is 24.3 Å². The number of hydrogen-bond acceptors (Lipinski definition) is 6. The summed E-state index contributed by atoms with van der Waals surface area (Å²) in [6.45, 7) is 1.68. The van der Waals surface area contributed by atoms with Crippen molar-refractivity contribution in [2.45, 2.75) is 76.3 Å². The van der Waals surface area contributed by atoms with Gasteiger partial charge in [0.1, 0.15) is 17.4 Å². The number of methoxy groups -OCH3 is 1. The molecule has 3 heterocycles. The van der Waals surface area contributed by atoms with Gasteiger partial charge in [0.25, 0.3) is 0 Å². The summed E-state index contributed by atoms with van der Waals surface area (Å²) in [5.74, 6) is 2.77. The number of pyridine rings is 1. The van der Waals surface area contributed by atoms with Crippen molar-refractivity contribution in [3.8, 4) is 5.75 Å². The Balaban J connectivity index is 1.25. The van der Waals surface area contributed by atoms with E-state index in [4.69, 9.17) is 9.72 Å². The molecule has 0 radical (unpaired) electrons. The fourth-order valence-corrected chi connectivity index (χ4v) is 7.15. The van der Waals surface area contributed by atoms with E-state index in [1.807, 2.05) is 0 Å². The first-order chi connectivity index (χ1) is 18.8. The zero-order valence-electron chi connectivity index (χ0n) is 22.6. The Morgan fingerprint density at radius 2 is 1.03 bits per heavy atom. The van der Waals surface area contributed by atoms with Crippen LogP contribution in [-0.2, 0) is 0 Å². The van der Waals surface area contributed by atoms with Gasteiger partial charge in [-0.05, 0) is 49.9 Å². The van der Waals surface area contributed by atoms with Crippen LogP contribution in [0.15, 0.2) is 60.7 Å². The minimum absolute atomic E-state index is 0.606. The number of fused-ring (bicyclic) bond motifs is 2. The van der Waals surface area contributed by atoms with Crippen molar-refractivity contribution >= 4 is 34.4 Å². The number of nitrogens with zero attached hydrogens (tertiary/aromatic N) is 5. The summed E-state index contributed by atoms with van der Waals surface area (Å²) < 4.78 is 5.86. The van der Waals surface area contributed by atoms with Gasteiger partial charge in [-0.25, -0.2) is 4.98 Å². The Bertz CT molecular complexity index is 1190. The molecule has 6 nitrogen and oxygen atoms in total. The highest BCUT2D eigenvalue weighted by Gasteiger charge is 2.35. The molecule has 2 aliphatic carbocycles. The van der Waals surface area contributed by atoms with Crippen LogP contribution in [0, 0.1) is 0 Å². The third kappa shape index (κ3) is 4.14. The van der Waals surface area contributed by atoms with Crippen LogP contribution < -0.4 is 24.3 Å². The summed E-state index contributed by atoms with van der Waals surface area (Å²) in [7, 11) is 1.77. The standard InChI is InChI=1S/C32H39N5O/c1-38-26-20-31(36-22-34(24-12-4-2-5-13-24)27-16-8-10-18-29(27)36)33-32(21-26)37-23-35(25-14-6-3-7-15-25)28-17-9-11-19-30(28)37/h8-11,16-21,24-25H,2-7,12-15,22-23H2,1H3. The van der Waals surface area contributed by atoms with Crippen molar-refractivity contribution in [2.75, 3.05) is 40.0 Å². The molecule has 2 saturated carbocycles. The molecule has 7 rings (SSSR count). The van der Waals surface area contributed by atoms with Crippen LogP contribution in [-0.4, -0.2) is 37.5 Å². The van der Waals surface area contributed by atoms with E-state index in [1.54, 1.807) is 7.11 Å². The second-order valence-corrected chi connectivity index (χ2v) is 11.4. The van der Waals surface area contributed by atoms with Gasteiger partial charge in [0.05, 0.1) is 43.2 Å². The predicted molar refractivity (Wildman–Crippen MR) is 156 cm³/mol. The normalized spacial score (nSPS) is 20.1. The lowest BCUT2D eigenvalue weighted by atomic mass is 9.94. The van der Waals surface area contributed by atoms with Crippen molar-refractivity contribution in [1.82, 2.24) is 4.98 Å². The number of aromatic nitrogens is 1. The van der Waals surface area contributed by atoms with E-state index in [1.165, 1.54) is 87.0 Å². The fraction of sp³-hybridized carbons (Fsp3) is 0.469. The van der Waals surface area contributed by atoms with Crippen molar-refractivity contribution in [2.24, 2.45) is 0 Å². The predicted octanol–water partition coefficient (Wildman–Crippen LogP) is 7.59. The highest BCUT2D eigenvalue weighted by molar-refractivity contribution is 5.85. The molecule has 0 saturated heterocycles.